The van der Waals surface area contributed by atoms with Crippen LogP contribution >= 0.6 is 0 Å². The fourth-order valence-corrected chi connectivity index (χ4v) is 4.91. The maximum atomic E-state index is 12.2. The molecule has 2 aromatic carbocycles. The highest BCUT2D eigenvalue weighted by Crippen LogP contribution is 2.51. The number of benzene rings is 2. The molecule has 1 aliphatic rings. The molecule has 2 aromatic rings. The van der Waals surface area contributed by atoms with Gasteiger partial charge in [-0.05, 0) is 55.2 Å². The minimum Gasteiger partial charge on any atom is -0.493 e. The SMILES string of the molecule is CCOC(=O)COC1[C@H](c2cc(OC)c(OC)c(OC)c2)CC[C@H]1c1cc(OC)c(OC)c(OC)c1. The molecule has 0 amide bonds. The largest absolute Gasteiger partial charge is 0.493 e. The van der Waals surface area contributed by atoms with Gasteiger partial charge in [0.25, 0.3) is 0 Å². The summed E-state index contributed by atoms with van der Waals surface area (Å²) in [5.74, 6) is 2.80. The van der Waals surface area contributed by atoms with Crippen LogP contribution in [0.5, 0.6) is 34.5 Å². The smallest absolute Gasteiger partial charge is 0.332 e. The Hall–Kier alpha value is -3.33. The van der Waals surface area contributed by atoms with Crippen LogP contribution in [-0.4, -0.2) is 67.9 Å². The fraction of sp³-hybridized carbons (Fsp3) is 0.519. The first-order valence-corrected chi connectivity index (χ1v) is 11.8. The van der Waals surface area contributed by atoms with Gasteiger partial charge < -0.3 is 37.9 Å². The number of esters is 1. The van der Waals surface area contributed by atoms with Crippen molar-refractivity contribution in [2.75, 3.05) is 55.9 Å². The zero-order chi connectivity index (χ0) is 26.2. The van der Waals surface area contributed by atoms with E-state index in [0.717, 1.165) is 24.0 Å². The third kappa shape index (κ3) is 5.56. The van der Waals surface area contributed by atoms with E-state index in [-0.39, 0.29) is 24.5 Å². The molecule has 0 aromatic heterocycles. The van der Waals surface area contributed by atoms with Gasteiger partial charge in [0.05, 0.1) is 55.4 Å². The third-order valence-electron chi connectivity index (χ3n) is 6.51. The highest BCUT2D eigenvalue weighted by Gasteiger charge is 2.40. The van der Waals surface area contributed by atoms with Gasteiger partial charge in [-0.1, -0.05) is 0 Å². The Balaban J connectivity index is 2.05. The Labute approximate surface area is 212 Å². The summed E-state index contributed by atoms with van der Waals surface area (Å²) in [7, 11) is 9.49. The molecule has 1 aliphatic carbocycles. The van der Waals surface area contributed by atoms with E-state index in [1.165, 1.54) is 0 Å². The van der Waals surface area contributed by atoms with Crippen molar-refractivity contribution in [3.63, 3.8) is 0 Å². The molecule has 198 valence electrons. The second kappa shape index (κ2) is 12.6. The van der Waals surface area contributed by atoms with Crippen LogP contribution in [0, 0.1) is 0 Å². The van der Waals surface area contributed by atoms with Gasteiger partial charge in [-0.15, -0.1) is 0 Å². The molecule has 0 bridgehead atoms. The predicted octanol–water partition coefficient (Wildman–Crippen LogP) is 4.35. The number of hydrogen-bond donors (Lipinski definition) is 0. The number of methoxy groups -OCH3 is 6. The Morgan fingerprint density at radius 3 is 1.39 bits per heavy atom. The third-order valence-corrected chi connectivity index (χ3v) is 6.51. The lowest BCUT2D eigenvalue weighted by atomic mass is 9.89. The molecule has 0 unspecified atom stereocenters. The van der Waals surface area contributed by atoms with Gasteiger partial charge in [-0.2, -0.15) is 0 Å². The van der Waals surface area contributed by atoms with Crippen molar-refractivity contribution in [1.29, 1.82) is 0 Å². The van der Waals surface area contributed by atoms with E-state index in [1.54, 1.807) is 49.6 Å². The van der Waals surface area contributed by atoms with Gasteiger partial charge in [0, 0.05) is 11.8 Å². The van der Waals surface area contributed by atoms with Crippen LogP contribution in [0.3, 0.4) is 0 Å². The Morgan fingerprint density at radius 1 is 0.694 bits per heavy atom. The monoisotopic (exact) mass is 504 g/mol. The first-order valence-electron chi connectivity index (χ1n) is 11.8. The van der Waals surface area contributed by atoms with Crippen LogP contribution in [0.25, 0.3) is 0 Å². The molecule has 9 nitrogen and oxygen atoms in total. The molecule has 0 heterocycles. The molecule has 9 heteroatoms. The molecule has 36 heavy (non-hydrogen) atoms. The maximum absolute atomic E-state index is 12.2. The van der Waals surface area contributed by atoms with E-state index < -0.39 is 5.97 Å². The lowest BCUT2D eigenvalue weighted by molar-refractivity contribution is -0.151. The number of ether oxygens (including phenoxy) is 8. The minimum atomic E-state index is -0.406. The van der Waals surface area contributed by atoms with Crippen molar-refractivity contribution in [1.82, 2.24) is 0 Å². The van der Waals surface area contributed by atoms with Crippen LogP contribution in [-0.2, 0) is 14.3 Å². The Kier molecular flexibility index (Phi) is 9.52. The van der Waals surface area contributed by atoms with E-state index >= 15 is 0 Å². The van der Waals surface area contributed by atoms with Crippen LogP contribution in [0.4, 0.5) is 0 Å². The molecular formula is C27H36O9. The van der Waals surface area contributed by atoms with Gasteiger partial charge in [-0.25, -0.2) is 4.79 Å². The van der Waals surface area contributed by atoms with E-state index in [2.05, 4.69) is 0 Å². The molecule has 0 N–H and O–H groups in total. The second-order valence-corrected chi connectivity index (χ2v) is 8.29. The molecule has 0 radical (unpaired) electrons. The number of carbonyl (C=O) groups excluding carboxylic acids is 1. The number of hydrogen-bond acceptors (Lipinski definition) is 9. The first kappa shape index (κ1) is 27.3. The highest BCUT2D eigenvalue weighted by molar-refractivity contribution is 5.70. The molecule has 1 saturated carbocycles. The summed E-state index contributed by atoms with van der Waals surface area (Å²) in [6, 6.07) is 7.74. The van der Waals surface area contributed by atoms with Crippen molar-refractivity contribution in [3.8, 4) is 34.5 Å². The quantitative estimate of drug-likeness (QED) is 0.391. The van der Waals surface area contributed by atoms with E-state index in [1.807, 2.05) is 24.3 Å². The van der Waals surface area contributed by atoms with Gasteiger partial charge in [0.1, 0.15) is 6.61 Å². The average molecular weight is 505 g/mol. The topological polar surface area (TPSA) is 90.9 Å². The zero-order valence-electron chi connectivity index (χ0n) is 22.0. The van der Waals surface area contributed by atoms with Gasteiger partial charge in [-0.3, -0.25) is 0 Å². The zero-order valence-corrected chi connectivity index (χ0v) is 22.0. The summed E-state index contributed by atoms with van der Waals surface area (Å²) in [6.07, 6.45) is 1.29. The standard InChI is InChI=1S/C27H36O9/c1-8-35-24(28)15-36-25-18(16-11-20(29-2)26(33-6)21(12-16)30-3)9-10-19(25)17-13-22(31-4)27(34-7)23(14-17)32-5/h11-14,18-19,25H,8-10,15H2,1-7H3/t18-,19-/m0/s1. The van der Waals surface area contributed by atoms with E-state index in [0.29, 0.717) is 41.1 Å². The number of carbonyl (C=O) groups is 1. The van der Waals surface area contributed by atoms with Crippen LogP contribution in [0.2, 0.25) is 0 Å². The van der Waals surface area contributed by atoms with Crippen molar-refractivity contribution >= 4 is 5.97 Å². The highest BCUT2D eigenvalue weighted by atomic mass is 16.6. The molecule has 0 aliphatic heterocycles. The minimum absolute atomic E-state index is 0.0442. The number of rotatable bonds is 12. The van der Waals surface area contributed by atoms with Crippen LogP contribution in [0.15, 0.2) is 24.3 Å². The lowest BCUT2D eigenvalue weighted by Crippen LogP contribution is -2.27. The molecule has 1 fully saturated rings. The molecular weight excluding hydrogens is 468 g/mol. The average Bonchev–Trinajstić information content (AvgIpc) is 3.34. The molecule has 0 saturated heterocycles. The van der Waals surface area contributed by atoms with Crippen LogP contribution < -0.4 is 28.4 Å². The van der Waals surface area contributed by atoms with Gasteiger partial charge in [0.2, 0.25) is 11.5 Å². The summed E-state index contributed by atoms with van der Waals surface area (Å²) >= 11 is 0. The van der Waals surface area contributed by atoms with Crippen molar-refractivity contribution in [2.45, 2.75) is 37.7 Å². The summed E-state index contributed by atoms with van der Waals surface area (Å²) in [4.78, 5) is 12.2. The molecule has 2 atom stereocenters. The van der Waals surface area contributed by atoms with E-state index in [4.69, 9.17) is 37.9 Å². The second-order valence-electron chi connectivity index (χ2n) is 8.29. The van der Waals surface area contributed by atoms with Crippen LogP contribution in [0.1, 0.15) is 42.7 Å². The first-order chi connectivity index (χ1) is 17.5. The molecule has 0 spiro atoms. The summed E-state index contributed by atoms with van der Waals surface area (Å²) in [5.41, 5.74) is 1.93. The van der Waals surface area contributed by atoms with Gasteiger partial charge >= 0.3 is 5.97 Å². The Morgan fingerprint density at radius 2 is 1.08 bits per heavy atom. The van der Waals surface area contributed by atoms with Crippen molar-refractivity contribution in [2.24, 2.45) is 0 Å². The summed E-state index contributed by atoms with van der Waals surface area (Å²) in [6.45, 7) is 1.91. The fourth-order valence-electron chi connectivity index (χ4n) is 4.91. The summed E-state index contributed by atoms with van der Waals surface area (Å²) < 4.78 is 44.7. The Bertz CT molecular complexity index is 914. The molecule has 3 rings (SSSR count). The van der Waals surface area contributed by atoms with Crippen molar-refractivity contribution in [3.05, 3.63) is 35.4 Å². The lowest BCUT2D eigenvalue weighted by Gasteiger charge is -2.27. The summed E-state index contributed by atoms with van der Waals surface area (Å²) in [5, 5.41) is 0. The van der Waals surface area contributed by atoms with E-state index in [9.17, 15) is 4.79 Å². The maximum Gasteiger partial charge on any atom is 0.332 e. The normalized spacial score (nSPS) is 17.4. The van der Waals surface area contributed by atoms with Gasteiger partial charge in [0.15, 0.2) is 23.0 Å². The van der Waals surface area contributed by atoms with Crippen molar-refractivity contribution < 1.29 is 42.7 Å². The predicted molar refractivity (Wildman–Crippen MR) is 133 cm³/mol.